The number of nitrogens with one attached hydrogen (secondary N) is 1. The number of hydrogen-bond acceptors (Lipinski definition) is 7. The Labute approximate surface area is 266 Å². The molecule has 12 heteroatoms. The Morgan fingerprint density at radius 2 is 1.64 bits per heavy atom. The number of rotatable bonds is 18. The number of para-hydroxylation sites is 1. The number of aryl methyl sites for hydroxylation is 4. The zero-order valence-electron chi connectivity index (χ0n) is 24.9. The van der Waals surface area contributed by atoms with E-state index >= 15 is 0 Å². The van der Waals surface area contributed by atoms with Gasteiger partial charge in [-0.1, -0.05) is 33.7 Å². The van der Waals surface area contributed by atoms with Crippen LogP contribution in [0.15, 0.2) is 108 Å². The number of H-pyrrole nitrogens is 1. The molecule has 44 heavy (non-hydrogen) atoms. The van der Waals surface area contributed by atoms with Crippen LogP contribution in [0.4, 0.5) is 17.1 Å². The number of fused-ring (bicyclic) bond motifs is 1. The van der Waals surface area contributed by atoms with E-state index in [9.17, 15) is 10.2 Å². The van der Waals surface area contributed by atoms with Crippen molar-refractivity contribution in [3.63, 3.8) is 0 Å². The minimum absolute atomic E-state index is 0.0313. The van der Waals surface area contributed by atoms with Crippen molar-refractivity contribution in [2.75, 3.05) is 42.7 Å². The molecule has 10 nitrogen and oxygen atoms in total. The number of aromatic amines is 1. The lowest BCUT2D eigenvalue weighted by Crippen LogP contribution is -2.38. The summed E-state index contributed by atoms with van der Waals surface area (Å²) in [5.74, 6) is 2.18. The number of pyridine rings is 1. The van der Waals surface area contributed by atoms with E-state index in [4.69, 9.17) is 0 Å². The predicted molar refractivity (Wildman–Crippen MR) is 176 cm³/mol. The number of aliphatic hydroxyl groups excluding tert-OH is 2. The van der Waals surface area contributed by atoms with Crippen LogP contribution in [-0.2, 0) is 26.2 Å². The predicted octanol–water partition coefficient (Wildman–Crippen LogP) is 4.21. The summed E-state index contributed by atoms with van der Waals surface area (Å²) in [7, 11) is 3.86. The highest BCUT2D eigenvalue weighted by Gasteiger charge is 2.13. The first-order valence-electron chi connectivity index (χ1n) is 14.9. The van der Waals surface area contributed by atoms with Crippen molar-refractivity contribution in [1.29, 1.82) is 0 Å². The van der Waals surface area contributed by atoms with Gasteiger partial charge in [0.15, 0.2) is 12.7 Å². The number of benzene rings is 2. The molecule has 0 amide bonds. The van der Waals surface area contributed by atoms with Crippen LogP contribution in [0.2, 0.25) is 0 Å². The molecule has 0 saturated carbocycles. The van der Waals surface area contributed by atoms with Crippen molar-refractivity contribution >= 4 is 49.6 Å². The van der Waals surface area contributed by atoms with E-state index in [0.29, 0.717) is 13.1 Å². The Morgan fingerprint density at radius 1 is 0.818 bits per heavy atom. The summed E-state index contributed by atoms with van der Waals surface area (Å²) in [6.07, 6.45) is 15.6. The van der Waals surface area contributed by atoms with Gasteiger partial charge in [0.05, 0.1) is 43.9 Å². The van der Waals surface area contributed by atoms with Gasteiger partial charge in [-0.05, 0) is 30.3 Å². The molecular formula is C32H41N8O2S2+3. The van der Waals surface area contributed by atoms with Gasteiger partial charge in [-0.3, -0.25) is 4.98 Å². The van der Waals surface area contributed by atoms with Gasteiger partial charge in [0.1, 0.15) is 30.5 Å². The van der Waals surface area contributed by atoms with Crippen LogP contribution < -0.4 is 18.6 Å². The summed E-state index contributed by atoms with van der Waals surface area (Å²) in [4.78, 5) is 5.02. The zero-order valence-corrected chi connectivity index (χ0v) is 26.5. The number of aliphatic hydroxyl groups is 2. The topological polar surface area (TPSA) is 101 Å². The first-order valence-corrected chi connectivity index (χ1v) is 17.4. The fourth-order valence-electron chi connectivity index (χ4n) is 5.00. The fourth-order valence-corrected chi connectivity index (χ4v) is 6.96. The lowest BCUT2D eigenvalue weighted by molar-refractivity contribution is -0.716. The Morgan fingerprint density at radius 3 is 2.43 bits per heavy atom. The fraction of sp³-hybridized carbons (Fsp3) is 0.344. The first kappa shape index (κ1) is 31.7. The summed E-state index contributed by atoms with van der Waals surface area (Å²) in [5.41, 5.74) is 3.64. The maximum absolute atomic E-state index is 9.30. The Hall–Kier alpha value is -3.71. The van der Waals surface area contributed by atoms with Crippen LogP contribution in [0, 0.1) is 0 Å². The lowest BCUT2D eigenvalue weighted by atomic mass is 10.2. The number of hydrogen-bond donors (Lipinski definition) is 3. The molecule has 3 N–H and O–H groups in total. The quantitative estimate of drug-likeness (QED) is 0.0581. The van der Waals surface area contributed by atoms with Crippen LogP contribution in [0.1, 0.15) is 6.42 Å². The molecule has 230 valence electrons. The maximum atomic E-state index is 9.30. The van der Waals surface area contributed by atoms with Gasteiger partial charge >= 0.3 is 0 Å². The molecule has 5 aromatic rings. The van der Waals surface area contributed by atoms with E-state index in [2.05, 4.69) is 82.8 Å². The molecule has 0 atom stereocenters. The van der Waals surface area contributed by atoms with Crippen molar-refractivity contribution in [3.8, 4) is 0 Å². The zero-order chi connectivity index (χ0) is 30.4. The van der Waals surface area contributed by atoms with Crippen LogP contribution in [0.5, 0.6) is 0 Å². The first-order chi connectivity index (χ1) is 21.7. The monoisotopic (exact) mass is 633 g/mol. The van der Waals surface area contributed by atoms with Gasteiger partial charge in [0.2, 0.25) is 18.2 Å². The van der Waals surface area contributed by atoms with Crippen molar-refractivity contribution < 1.29 is 23.9 Å². The maximum Gasteiger partial charge on any atom is 0.243 e. The highest BCUT2D eigenvalue weighted by atomic mass is 33.1. The molecule has 0 unspecified atom stereocenters. The molecule has 0 aliphatic carbocycles. The third-order valence-electron chi connectivity index (χ3n) is 7.24. The molecule has 0 aliphatic heterocycles. The van der Waals surface area contributed by atoms with Crippen LogP contribution in [0.3, 0.4) is 0 Å². The van der Waals surface area contributed by atoms with E-state index in [1.165, 1.54) is 0 Å². The number of anilines is 1. The van der Waals surface area contributed by atoms with Gasteiger partial charge in [0, 0.05) is 48.8 Å². The van der Waals surface area contributed by atoms with Crippen molar-refractivity contribution in [2.45, 2.75) is 32.6 Å². The minimum atomic E-state index is 0.0313. The lowest BCUT2D eigenvalue weighted by Gasteiger charge is -2.22. The SMILES string of the molecule is OCCN(CCO)c1ccc(N=Nc2cc[n+](CCC[n+]3ccn(CCSSCC[n+]4cc[nH]c4)c3)c3ccccc23)cc1. The van der Waals surface area contributed by atoms with Crippen LogP contribution in [0.25, 0.3) is 10.9 Å². The Balaban J connectivity index is 1.11. The van der Waals surface area contributed by atoms with Gasteiger partial charge in [0.25, 0.3) is 0 Å². The summed E-state index contributed by atoms with van der Waals surface area (Å²) in [6.45, 7) is 4.89. The van der Waals surface area contributed by atoms with E-state index in [1.807, 2.05) is 75.4 Å². The molecular weight excluding hydrogens is 593 g/mol. The molecule has 0 radical (unpaired) electrons. The highest BCUT2D eigenvalue weighted by molar-refractivity contribution is 8.76. The highest BCUT2D eigenvalue weighted by Crippen LogP contribution is 2.27. The number of nitrogens with zero attached hydrogens (tertiary/aromatic N) is 7. The molecule has 3 aromatic heterocycles. The number of azo groups is 1. The average molecular weight is 634 g/mol. The normalized spacial score (nSPS) is 11.6. The molecule has 3 heterocycles. The summed E-state index contributed by atoms with van der Waals surface area (Å²) in [6, 6.07) is 18.0. The largest absolute Gasteiger partial charge is 0.395 e. The van der Waals surface area contributed by atoms with Crippen LogP contribution in [-0.4, -0.2) is 57.6 Å². The van der Waals surface area contributed by atoms with Gasteiger partial charge in [-0.15, -0.1) is 5.11 Å². The summed E-state index contributed by atoms with van der Waals surface area (Å²) >= 11 is 0. The van der Waals surface area contributed by atoms with E-state index in [1.54, 1.807) is 0 Å². The van der Waals surface area contributed by atoms with Crippen molar-refractivity contribution in [2.24, 2.45) is 10.2 Å². The Bertz CT molecular complexity index is 1590. The number of aromatic nitrogens is 5. The molecule has 0 aliphatic rings. The van der Waals surface area contributed by atoms with E-state index < -0.39 is 0 Å². The Kier molecular flexibility index (Phi) is 12.2. The second-order valence-corrected chi connectivity index (χ2v) is 13.0. The van der Waals surface area contributed by atoms with E-state index in [-0.39, 0.29) is 13.2 Å². The molecule has 5 rings (SSSR count). The molecule has 0 saturated heterocycles. The smallest absolute Gasteiger partial charge is 0.243 e. The second kappa shape index (κ2) is 17.0. The third-order valence-corrected chi connectivity index (χ3v) is 9.61. The summed E-state index contributed by atoms with van der Waals surface area (Å²) in [5, 5.41) is 28.7. The third kappa shape index (κ3) is 9.15. The van der Waals surface area contributed by atoms with Crippen molar-refractivity contribution in [3.05, 3.63) is 98.2 Å². The molecule has 0 spiro atoms. The van der Waals surface area contributed by atoms with Crippen molar-refractivity contribution in [1.82, 2.24) is 9.55 Å². The van der Waals surface area contributed by atoms with Gasteiger partial charge in [-0.25, -0.2) is 13.7 Å². The molecule has 2 aromatic carbocycles. The molecule has 0 bridgehead atoms. The summed E-state index contributed by atoms with van der Waals surface area (Å²) < 4.78 is 8.99. The standard InChI is InChI=1S/C32H40N8O2S2/c41-22-18-39(19-23-42)29-8-6-28(7-9-29)34-35-31-10-14-40(32-5-2-1-4-30(31)32)13-3-12-37-16-17-38(27-37)21-25-44-43-24-20-36-15-11-33-26-36/h1-2,4-11,14-17,26-27,41-42H,3,12-13,18-25H2/q+2/p+1. The van der Waals surface area contributed by atoms with Gasteiger partial charge < -0.3 is 15.1 Å². The van der Waals surface area contributed by atoms with E-state index in [0.717, 1.165) is 72.1 Å². The average Bonchev–Trinajstić information content (AvgIpc) is 3.75. The van der Waals surface area contributed by atoms with Crippen LogP contribution >= 0.6 is 21.6 Å². The molecule has 0 fully saturated rings. The minimum Gasteiger partial charge on any atom is -0.395 e. The van der Waals surface area contributed by atoms with Gasteiger partial charge in [-0.2, -0.15) is 9.68 Å². The number of imidazole rings is 2. The second-order valence-electron chi connectivity index (χ2n) is 10.3.